The first-order chi connectivity index (χ1) is 20.4. The zero-order chi connectivity index (χ0) is 29.2. The lowest BCUT2D eigenvalue weighted by Crippen LogP contribution is -2.29. The summed E-state index contributed by atoms with van der Waals surface area (Å²) in [5.41, 5.74) is 7.94. The van der Waals surface area contributed by atoms with Crippen LogP contribution in [0.5, 0.6) is 11.5 Å². The summed E-state index contributed by atoms with van der Waals surface area (Å²) in [7, 11) is 0. The lowest BCUT2D eigenvalue weighted by atomic mass is 9.76. The maximum Gasteiger partial charge on any atom is 0.175 e. The number of halogens is 3. The summed E-state index contributed by atoms with van der Waals surface area (Å²) >= 11 is 14.7. The number of hydrogen-bond acceptors (Lipinski definition) is 4. The molecule has 2 aliphatic rings. The second kappa shape index (κ2) is 12.7. The lowest BCUT2D eigenvalue weighted by molar-refractivity contribution is 0.267. The number of nitrogens with one attached hydrogen (secondary N) is 1. The van der Waals surface area contributed by atoms with Gasteiger partial charge in [-0.05, 0) is 108 Å². The van der Waals surface area contributed by atoms with E-state index in [1.807, 2.05) is 31.3 Å². The highest BCUT2D eigenvalue weighted by molar-refractivity contribution is 14.1. The zero-order valence-electron chi connectivity index (χ0n) is 23.4. The van der Waals surface area contributed by atoms with Crippen molar-refractivity contribution >= 4 is 63.4 Å². The van der Waals surface area contributed by atoms with E-state index in [9.17, 15) is 0 Å². The van der Waals surface area contributed by atoms with Crippen LogP contribution in [0.25, 0.3) is 0 Å². The fourth-order valence-corrected chi connectivity index (χ4v) is 7.06. The van der Waals surface area contributed by atoms with E-state index in [2.05, 4.69) is 89.4 Å². The summed E-state index contributed by atoms with van der Waals surface area (Å²) in [5.74, 6) is 2.33. The Morgan fingerprint density at radius 1 is 1.00 bits per heavy atom. The first-order valence-electron chi connectivity index (χ1n) is 14.1. The quantitative estimate of drug-likeness (QED) is 0.113. The van der Waals surface area contributed by atoms with Gasteiger partial charge in [0.05, 0.1) is 21.9 Å². The van der Waals surface area contributed by atoms with Crippen LogP contribution in [-0.2, 0) is 6.61 Å². The minimum absolute atomic E-state index is 0.267. The van der Waals surface area contributed by atoms with E-state index in [0.717, 1.165) is 26.8 Å². The molecule has 0 saturated heterocycles. The molecule has 4 nitrogen and oxygen atoms in total. The number of rotatable bonds is 8. The Kier molecular flexibility index (Phi) is 8.80. The Labute approximate surface area is 270 Å². The molecule has 6 rings (SSSR count). The number of fused-ring (bicyclic) bond motifs is 3. The summed E-state index contributed by atoms with van der Waals surface area (Å²) in [5, 5.41) is 5.00. The smallest absolute Gasteiger partial charge is 0.175 e. The fourth-order valence-electron chi connectivity index (χ4n) is 5.81. The monoisotopic (exact) mass is 708 g/mol. The third-order valence-corrected chi connectivity index (χ3v) is 9.24. The molecule has 42 heavy (non-hydrogen) atoms. The molecule has 7 heteroatoms. The highest BCUT2D eigenvalue weighted by Crippen LogP contribution is 2.50. The molecule has 1 N–H and O–H groups in total. The number of nitrogens with zero attached hydrogens (tertiary/aromatic N) is 1. The largest absolute Gasteiger partial charge is 0.490 e. The van der Waals surface area contributed by atoms with Gasteiger partial charge in [0.15, 0.2) is 11.5 Å². The maximum absolute atomic E-state index is 6.34. The average molecular weight is 709 g/mol. The van der Waals surface area contributed by atoms with E-state index in [4.69, 9.17) is 37.7 Å². The second-order valence-corrected chi connectivity index (χ2v) is 12.7. The molecule has 4 aromatic carbocycles. The summed E-state index contributed by atoms with van der Waals surface area (Å²) in [6.07, 6.45) is 7.67. The molecule has 1 aliphatic heterocycles. The second-order valence-electron chi connectivity index (χ2n) is 10.7. The molecule has 0 bridgehead atoms. The van der Waals surface area contributed by atoms with Gasteiger partial charge in [0, 0.05) is 33.4 Å². The van der Waals surface area contributed by atoms with E-state index in [1.54, 1.807) is 12.1 Å². The summed E-state index contributed by atoms with van der Waals surface area (Å²) in [6, 6.07) is 25.0. The van der Waals surface area contributed by atoms with Gasteiger partial charge >= 0.3 is 0 Å². The number of anilines is 1. The molecule has 0 saturated carbocycles. The predicted octanol–water partition coefficient (Wildman–Crippen LogP) is 10.5. The fraction of sp³-hybridized carbons (Fsp3) is 0.229. The van der Waals surface area contributed by atoms with Crippen LogP contribution < -0.4 is 14.8 Å². The summed E-state index contributed by atoms with van der Waals surface area (Å²) in [6.45, 7) is 4.95. The highest BCUT2D eigenvalue weighted by Gasteiger charge is 2.37. The Hall–Kier alpha value is -3.00. The third-order valence-electron chi connectivity index (χ3n) is 7.85. The van der Waals surface area contributed by atoms with Gasteiger partial charge in [0.25, 0.3) is 0 Å². The zero-order valence-corrected chi connectivity index (χ0v) is 27.1. The van der Waals surface area contributed by atoms with E-state index >= 15 is 0 Å². The van der Waals surface area contributed by atoms with Gasteiger partial charge < -0.3 is 14.8 Å². The van der Waals surface area contributed by atoms with Crippen LogP contribution in [0, 0.1) is 16.4 Å². The molecule has 0 spiro atoms. The van der Waals surface area contributed by atoms with Crippen LogP contribution in [0.2, 0.25) is 10.0 Å². The van der Waals surface area contributed by atoms with E-state index in [1.165, 1.54) is 22.4 Å². The average Bonchev–Trinajstić information content (AvgIpc) is 3.47. The Balaban J connectivity index is 1.18. The third kappa shape index (κ3) is 6.19. The van der Waals surface area contributed by atoms with Gasteiger partial charge in [-0.25, -0.2) is 0 Å². The van der Waals surface area contributed by atoms with Crippen LogP contribution in [0.1, 0.15) is 53.1 Å². The molecular formula is C35H31Cl2IN2O2. The van der Waals surface area contributed by atoms with Crippen molar-refractivity contribution in [3.8, 4) is 11.5 Å². The summed E-state index contributed by atoms with van der Waals surface area (Å²) in [4.78, 5) is 4.77. The maximum atomic E-state index is 6.34. The topological polar surface area (TPSA) is 42.8 Å². The molecule has 0 unspecified atom stereocenters. The van der Waals surface area contributed by atoms with Crippen LogP contribution in [-0.4, -0.2) is 12.8 Å². The molecule has 0 fully saturated rings. The van der Waals surface area contributed by atoms with Gasteiger partial charge in [0.2, 0.25) is 0 Å². The number of aryl methyl sites for hydroxylation is 1. The molecule has 0 aromatic heterocycles. The van der Waals surface area contributed by atoms with E-state index in [0.29, 0.717) is 46.6 Å². The van der Waals surface area contributed by atoms with Crippen molar-refractivity contribution in [3.63, 3.8) is 0 Å². The van der Waals surface area contributed by atoms with Gasteiger partial charge in [-0.3, -0.25) is 4.99 Å². The highest BCUT2D eigenvalue weighted by atomic mass is 127. The molecule has 4 aromatic rings. The minimum Gasteiger partial charge on any atom is -0.490 e. The van der Waals surface area contributed by atoms with Crippen molar-refractivity contribution in [1.82, 2.24) is 0 Å². The van der Waals surface area contributed by atoms with Crippen molar-refractivity contribution in [2.45, 2.75) is 38.8 Å². The molecule has 1 aliphatic carbocycles. The Morgan fingerprint density at radius 2 is 1.83 bits per heavy atom. The Bertz CT molecular complexity index is 1670. The standard InChI is InChI=1S/C35H31Cl2IN2O2/c1-3-41-33-17-22(16-31(38)35(33)42-20-24-8-11-25(36)18-30(24)37)19-39-26-12-9-23(10-13-26)34-28-6-4-5-27(28)29-15-21(2)7-14-32(29)40-34/h4-5,7-19,27-28,34,40H,3,6,20H2,1-2H3/t27-,28-,34-/m0/s1. The van der Waals surface area contributed by atoms with Crippen LogP contribution in [0.4, 0.5) is 11.4 Å². The van der Waals surface area contributed by atoms with Crippen LogP contribution in [0.3, 0.4) is 0 Å². The number of benzene rings is 4. The Morgan fingerprint density at radius 3 is 2.62 bits per heavy atom. The normalized spacial score (nSPS) is 18.9. The first-order valence-corrected chi connectivity index (χ1v) is 15.9. The van der Waals surface area contributed by atoms with Gasteiger partial charge in [0.1, 0.15) is 6.61 Å². The van der Waals surface area contributed by atoms with Crippen LogP contribution in [0.15, 0.2) is 89.9 Å². The molecule has 0 radical (unpaired) electrons. The SMILES string of the molecule is CCOc1cc(C=Nc2ccc([C@@H]3Nc4ccc(C)cc4[C@H]4C=CC[C@@H]43)cc2)cc(I)c1OCc1ccc(Cl)cc1Cl. The van der Waals surface area contributed by atoms with Crippen LogP contribution >= 0.6 is 45.8 Å². The van der Waals surface area contributed by atoms with Crippen molar-refractivity contribution in [3.05, 3.63) is 126 Å². The van der Waals surface area contributed by atoms with Crippen molar-refractivity contribution in [1.29, 1.82) is 0 Å². The number of hydrogen-bond donors (Lipinski definition) is 1. The molecule has 214 valence electrons. The van der Waals surface area contributed by atoms with Crippen molar-refractivity contribution in [2.75, 3.05) is 11.9 Å². The van der Waals surface area contributed by atoms with Crippen molar-refractivity contribution < 1.29 is 9.47 Å². The van der Waals surface area contributed by atoms with E-state index < -0.39 is 0 Å². The van der Waals surface area contributed by atoms with Gasteiger partial charge in [-0.1, -0.05) is 71.2 Å². The van der Waals surface area contributed by atoms with Gasteiger partial charge in [-0.2, -0.15) is 0 Å². The molecule has 1 heterocycles. The lowest BCUT2D eigenvalue weighted by Gasteiger charge is -2.37. The van der Waals surface area contributed by atoms with Gasteiger partial charge in [-0.15, -0.1) is 0 Å². The van der Waals surface area contributed by atoms with Crippen molar-refractivity contribution in [2.24, 2.45) is 10.9 Å². The molecule has 3 atom stereocenters. The molecule has 0 amide bonds. The number of ether oxygens (including phenoxy) is 2. The predicted molar refractivity (Wildman–Crippen MR) is 182 cm³/mol. The first kappa shape index (κ1) is 29.1. The van der Waals surface area contributed by atoms with E-state index in [-0.39, 0.29) is 6.04 Å². The minimum atomic E-state index is 0.267. The number of allylic oxidation sites excluding steroid dienone is 2. The molecular weight excluding hydrogens is 678 g/mol. The number of aliphatic imine (C=N–C) groups is 1. The summed E-state index contributed by atoms with van der Waals surface area (Å²) < 4.78 is 13.0.